The number of rotatable bonds is 7. The van der Waals surface area contributed by atoms with Crippen molar-refractivity contribution in [2.75, 3.05) is 6.79 Å². The second-order valence-electron chi connectivity index (χ2n) is 7.38. The van der Waals surface area contributed by atoms with E-state index in [4.69, 9.17) is 26.0 Å². The van der Waals surface area contributed by atoms with E-state index in [-0.39, 0.29) is 40.9 Å². The smallest absolute Gasteiger partial charge is 0.756 e. The fourth-order valence-electron chi connectivity index (χ4n) is 3.30. The van der Waals surface area contributed by atoms with Crippen molar-refractivity contribution >= 4 is 42.5 Å². The SMILES string of the molecule is CC(=O)c1ccc2c(c1)[C@H](NC(=O)c1ccsc1Cl)[C@H](OCOP(=O)([O-])O)C(C)(C)O2.[Na+]. The zero-order valence-electron chi connectivity index (χ0n) is 17.8. The summed E-state index contributed by atoms with van der Waals surface area (Å²) in [6.45, 7) is 3.98. The van der Waals surface area contributed by atoms with Crippen molar-refractivity contribution in [3.8, 4) is 5.75 Å². The second-order valence-corrected chi connectivity index (χ2v) is 10.1. The molecule has 3 rings (SSSR count). The number of hydrogen-bond acceptors (Lipinski definition) is 8. The van der Waals surface area contributed by atoms with Gasteiger partial charge in [0.15, 0.2) is 12.6 Å². The molecule has 0 fully saturated rings. The van der Waals surface area contributed by atoms with Crippen LogP contribution in [0.3, 0.4) is 0 Å². The Labute approximate surface area is 215 Å². The van der Waals surface area contributed by atoms with Gasteiger partial charge < -0.3 is 24.6 Å². The van der Waals surface area contributed by atoms with E-state index in [1.54, 1.807) is 43.5 Å². The molecule has 0 radical (unpaired) electrons. The fourth-order valence-corrected chi connectivity index (χ4v) is 4.41. The molecule has 2 aromatic rings. The summed E-state index contributed by atoms with van der Waals surface area (Å²) >= 11 is 7.28. The standard InChI is InChI=1S/C19H21ClNO8PS.Na/c1-10(22)11-4-5-14-13(8-11)15(21-18(23)12-6-7-31-17(12)20)16(19(2,3)29-14)27-9-28-30(24,25)26;/h4-8,15-16H,9H2,1-3H3,(H,21,23)(H2,24,25,26);/q;+1/p-1/t15-,16-;/m0./s1. The van der Waals surface area contributed by atoms with Gasteiger partial charge in [0.25, 0.3) is 13.7 Å². The molecule has 2 N–H and O–H groups in total. The number of carbonyl (C=O) groups excluding carboxylic acids is 2. The quantitative estimate of drug-likeness (QED) is 0.231. The molecule has 1 aromatic heterocycles. The van der Waals surface area contributed by atoms with E-state index in [9.17, 15) is 19.0 Å². The third kappa shape index (κ3) is 6.42. The number of ketones is 1. The van der Waals surface area contributed by atoms with Crippen LogP contribution in [0, 0.1) is 0 Å². The van der Waals surface area contributed by atoms with Crippen molar-refractivity contribution in [2.45, 2.75) is 38.5 Å². The maximum Gasteiger partial charge on any atom is 1.00 e. The summed E-state index contributed by atoms with van der Waals surface area (Å²) in [6, 6.07) is 5.52. The van der Waals surface area contributed by atoms with Gasteiger partial charge in [0, 0.05) is 11.1 Å². The van der Waals surface area contributed by atoms with Gasteiger partial charge in [-0.2, -0.15) is 0 Å². The van der Waals surface area contributed by atoms with Crippen molar-refractivity contribution in [2.24, 2.45) is 0 Å². The van der Waals surface area contributed by atoms with E-state index in [0.717, 1.165) is 0 Å². The number of fused-ring (bicyclic) bond motifs is 1. The Morgan fingerprint density at radius 2 is 2.06 bits per heavy atom. The first-order valence-electron chi connectivity index (χ1n) is 9.07. The maximum absolute atomic E-state index is 12.9. The summed E-state index contributed by atoms with van der Waals surface area (Å²) in [5.74, 6) is -0.250. The van der Waals surface area contributed by atoms with Crippen molar-refractivity contribution in [1.82, 2.24) is 5.32 Å². The van der Waals surface area contributed by atoms with Crippen molar-refractivity contribution in [3.05, 3.63) is 50.7 Å². The molecule has 0 saturated carbocycles. The zero-order valence-corrected chi connectivity index (χ0v) is 22.3. The van der Waals surface area contributed by atoms with E-state index in [1.807, 2.05) is 0 Å². The molecule has 13 heteroatoms. The Morgan fingerprint density at radius 3 is 2.62 bits per heavy atom. The van der Waals surface area contributed by atoms with Gasteiger partial charge in [-0.3, -0.25) is 18.7 Å². The molecule has 1 aliphatic rings. The third-order valence-electron chi connectivity index (χ3n) is 4.72. The fraction of sp³-hybridized carbons (Fsp3) is 0.368. The molecule has 0 aliphatic carbocycles. The molecule has 0 bridgehead atoms. The van der Waals surface area contributed by atoms with Crippen LogP contribution >= 0.6 is 30.8 Å². The van der Waals surface area contributed by atoms with Gasteiger partial charge in [-0.05, 0) is 50.4 Å². The van der Waals surface area contributed by atoms with Gasteiger partial charge in [-0.15, -0.1) is 11.3 Å². The van der Waals surface area contributed by atoms with Crippen LogP contribution in [0.15, 0.2) is 29.6 Å². The van der Waals surface area contributed by atoms with Crippen LogP contribution in [0.5, 0.6) is 5.75 Å². The number of benzene rings is 1. The number of phosphoric acid groups is 1. The van der Waals surface area contributed by atoms with Crippen LogP contribution in [0.4, 0.5) is 0 Å². The van der Waals surface area contributed by atoms with Crippen molar-refractivity contribution in [1.29, 1.82) is 0 Å². The molecule has 1 unspecified atom stereocenters. The first-order chi connectivity index (χ1) is 14.4. The number of amides is 1. The van der Waals surface area contributed by atoms with E-state index < -0.39 is 38.3 Å². The molecule has 1 aliphatic heterocycles. The van der Waals surface area contributed by atoms with Gasteiger partial charge in [0.2, 0.25) is 0 Å². The van der Waals surface area contributed by atoms with E-state index in [1.165, 1.54) is 18.3 Å². The molecule has 9 nitrogen and oxygen atoms in total. The Balaban J connectivity index is 0.00000363. The monoisotopic (exact) mass is 511 g/mol. The predicted molar refractivity (Wildman–Crippen MR) is 111 cm³/mol. The Bertz CT molecular complexity index is 1060. The summed E-state index contributed by atoms with van der Waals surface area (Å²) in [4.78, 5) is 44.6. The minimum absolute atomic E-state index is 0. The number of halogens is 1. The van der Waals surface area contributed by atoms with Crippen LogP contribution in [-0.4, -0.2) is 35.1 Å². The Hall–Kier alpha value is -0.780. The average molecular weight is 512 g/mol. The zero-order chi connectivity index (χ0) is 23.0. The maximum atomic E-state index is 12.9. The van der Waals surface area contributed by atoms with Crippen LogP contribution in [0.2, 0.25) is 4.34 Å². The molecular formula is C19H20ClNNaO8PS. The molecule has 0 saturated heterocycles. The Morgan fingerprint density at radius 1 is 1.38 bits per heavy atom. The van der Waals surface area contributed by atoms with E-state index >= 15 is 0 Å². The topological polar surface area (TPSA) is 134 Å². The summed E-state index contributed by atoms with van der Waals surface area (Å²) in [5, 5.41) is 4.51. The number of Topliss-reactive ketones (excluding diaryl/α,β-unsaturated/α-hetero) is 1. The van der Waals surface area contributed by atoms with Gasteiger partial charge in [-0.25, -0.2) is 0 Å². The molecule has 1 aromatic carbocycles. The number of hydrogen-bond donors (Lipinski definition) is 2. The minimum atomic E-state index is -5.02. The average Bonchev–Trinajstić information content (AvgIpc) is 3.08. The van der Waals surface area contributed by atoms with Crippen LogP contribution < -0.4 is 44.5 Å². The number of carbonyl (C=O) groups is 2. The molecule has 0 spiro atoms. The molecule has 1 amide bonds. The van der Waals surface area contributed by atoms with Gasteiger partial charge in [0.05, 0.1) is 11.6 Å². The van der Waals surface area contributed by atoms with Crippen LogP contribution in [-0.2, 0) is 13.8 Å². The molecule has 2 heterocycles. The van der Waals surface area contributed by atoms with Gasteiger partial charge in [0.1, 0.15) is 21.8 Å². The molecule has 168 valence electrons. The molecule has 3 atom stereocenters. The van der Waals surface area contributed by atoms with Crippen LogP contribution in [0.25, 0.3) is 0 Å². The van der Waals surface area contributed by atoms with E-state index in [0.29, 0.717) is 21.2 Å². The van der Waals surface area contributed by atoms with Crippen molar-refractivity contribution < 1.29 is 67.5 Å². The Kier molecular flexibility index (Phi) is 9.14. The summed E-state index contributed by atoms with van der Waals surface area (Å²) < 4.78 is 27.1. The van der Waals surface area contributed by atoms with Gasteiger partial charge >= 0.3 is 29.6 Å². The summed E-state index contributed by atoms with van der Waals surface area (Å²) in [5.41, 5.74) is 0.0669. The number of thiophene rings is 1. The largest absolute Gasteiger partial charge is 1.00 e. The van der Waals surface area contributed by atoms with Crippen molar-refractivity contribution in [3.63, 3.8) is 0 Å². The predicted octanol–water partition coefficient (Wildman–Crippen LogP) is 0.0702. The van der Waals surface area contributed by atoms with Crippen LogP contribution in [0.1, 0.15) is 53.1 Å². The first-order valence-corrected chi connectivity index (χ1v) is 11.8. The third-order valence-corrected chi connectivity index (χ3v) is 6.33. The summed E-state index contributed by atoms with van der Waals surface area (Å²) in [6.07, 6.45) is -0.949. The summed E-state index contributed by atoms with van der Waals surface area (Å²) in [7, 11) is -5.02. The van der Waals surface area contributed by atoms with Gasteiger partial charge in [-0.1, -0.05) is 11.6 Å². The molecular weight excluding hydrogens is 492 g/mol. The van der Waals surface area contributed by atoms with E-state index in [2.05, 4.69) is 9.84 Å². The number of ether oxygens (including phenoxy) is 2. The number of phosphoric ester groups is 1. The molecule has 32 heavy (non-hydrogen) atoms. The second kappa shape index (κ2) is 10.7. The normalized spacial score (nSPS) is 20.8. The number of nitrogens with one attached hydrogen (secondary N) is 1. The first kappa shape index (κ1) is 27.5. The minimum Gasteiger partial charge on any atom is -0.756 e.